The number of nitrogens with one attached hydrogen (secondary N) is 2. The van der Waals surface area contributed by atoms with E-state index in [2.05, 4.69) is 21.2 Å². The summed E-state index contributed by atoms with van der Waals surface area (Å²) in [6.45, 7) is 1.94. The zero-order valence-corrected chi connectivity index (χ0v) is 9.80. The summed E-state index contributed by atoms with van der Waals surface area (Å²) in [5.41, 5.74) is 1.34. The summed E-state index contributed by atoms with van der Waals surface area (Å²) in [4.78, 5) is 17.5. The minimum atomic E-state index is -0.436. The average Bonchev–Trinajstić information content (AvgIpc) is 2.69. The van der Waals surface area contributed by atoms with Crippen molar-refractivity contribution in [2.45, 2.75) is 19.4 Å². The first kappa shape index (κ1) is 11.9. The number of non-ortho nitro benzene ring substituents is 1. The number of aromatic nitrogens is 2. The lowest BCUT2D eigenvalue weighted by atomic mass is 10.2. The maximum atomic E-state index is 10.6. The fourth-order valence-corrected chi connectivity index (χ4v) is 1.64. The van der Waals surface area contributed by atoms with E-state index in [9.17, 15) is 10.1 Å². The fourth-order valence-electron chi connectivity index (χ4n) is 1.64. The number of nitro groups is 1. The average molecular weight is 244 g/mol. The molecule has 2 rings (SSSR count). The standard InChI is InChI=1S/C12H12N4O2/c1-3-4-8(2)13-12-14-10-6-5-9(16(17)18)7-11(10)15-12/h1,5-8H,4H2,2H3,(H2,13,14,15). The van der Waals surface area contributed by atoms with Crippen LogP contribution < -0.4 is 5.32 Å². The van der Waals surface area contributed by atoms with Crippen LogP contribution in [-0.4, -0.2) is 20.9 Å². The van der Waals surface area contributed by atoms with E-state index < -0.39 is 4.92 Å². The van der Waals surface area contributed by atoms with Gasteiger partial charge in [0.1, 0.15) is 0 Å². The molecule has 18 heavy (non-hydrogen) atoms. The Balaban J connectivity index is 2.27. The van der Waals surface area contributed by atoms with Crippen molar-refractivity contribution in [1.29, 1.82) is 0 Å². The van der Waals surface area contributed by atoms with Crippen LogP contribution in [-0.2, 0) is 0 Å². The van der Waals surface area contributed by atoms with E-state index in [0.29, 0.717) is 23.4 Å². The minimum Gasteiger partial charge on any atom is -0.352 e. The van der Waals surface area contributed by atoms with E-state index in [1.165, 1.54) is 12.1 Å². The first-order valence-electron chi connectivity index (χ1n) is 5.44. The number of hydrogen-bond acceptors (Lipinski definition) is 4. The third-order valence-corrected chi connectivity index (χ3v) is 2.48. The number of anilines is 1. The lowest BCUT2D eigenvalue weighted by molar-refractivity contribution is -0.384. The first-order chi connectivity index (χ1) is 8.60. The highest BCUT2D eigenvalue weighted by atomic mass is 16.6. The van der Waals surface area contributed by atoms with Gasteiger partial charge in [-0.15, -0.1) is 12.3 Å². The summed E-state index contributed by atoms with van der Waals surface area (Å²) >= 11 is 0. The summed E-state index contributed by atoms with van der Waals surface area (Å²) < 4.78 is 0. The van der Waals surface area contributed by atoms with Gasteiger partial charge in [0.15, 0.2) is 0 Å². The van der Waals surface area contributed by atoms with Crippen LogP contribution in [0.5, 0.6) is 0 Å². The van der Waals surface area contributed by atoms with Crippen molar-refractivity contribution in [3.63, 3.8) is 0 Å². The SMILES string of the molecule is C#CCC(C)Nc1nc2ccc([N+](=O)[O-])cc2[nH]1. The number of nitrogens with zero attached hydrogens (tertiary/aromatic N) is 2. The monoisotopic (exact) mass is 244 g/mol. The van der Waals surface area contributed by atoms with Crippen molar-refractivity contribution in [2.24, 2.45) is 0 Å². The van der Waals surface area contributed by atoms with Gasteiger partial charge in [-0.25, -0.2) is 4.98 Å². The second-order valence-corrected chi connectivity index (χ2v) is 4.00. The number of hydrogen-bond donors (Lipinski definition) is 2. The van der Waals surface area contributed by atoms with Crippen LogP contribution in [0.15, 0.2) is 18.2 Å². The van der Waals surface area contributed by atoms with Crippen LogP contribution in [0.4, 0.5) is 11.6 Å². The van der Waals surface area contributed by atoms with Crippen molar-refractivity contribution >= 4 is 22.7 Å². The van der Waals surface area contributed by atoms with Crippen molar-refractivity contribution in [2.75, 3.05) is 5.32 Å². The molecule has 0 saturated heterocycles. The molecule has 6 heteroatoms. The molecule has 1 atom stereocenters. The smallest absolute Gasteiger partial charge is 0.271 e. The first-order valence-corrected chi connectivity index (χ1v) is 5.44. The third kappa shape index (κ3) is 2.40. The molecule has 1 aromatic heterocycles. The summed E-state index contributed by atoms with van der Waals surface area (Å²) in [7, 11) is 0. The van der Waals surface area contributed by atoms with Crippen molar-refractivity contribution in [3.8, 4) is 12.3 Å². The maximum Gasteiger partial charge on any atom is 0.271 e. The summed E-state index contributed by atoms with van der Waals surface area (Å²) in [5.74, 6) is 3.12. The zero-order chi connectivity index (χ0) is 13.1. The zero-order valence-electron chi connectivity index (χ0n) is 9.80. The molecule has 0 fully saturated rings. The number of aromatic amines is 1. The number of rotatable bonds is 4. The maximum absolute atomic E-state index is 10.6. The van der Waals surface area contributed by atoms with Gasteiger partial charge in [0.25, 0.3) is 5.69 Å². The Bertz CT molecular complexity index is 627. The Morgan fingerprint density at radius 1 is 1.67 bits per heavy atom. The lowest BCUT2D eigenvalue weighted by Crippen LogP contribution is -2.14. The van der Waals surface area contributed by atoms with Crippen LogP contribution in [0, 0.1) is 22.5 Å². The number of nitro benzene ring substituents is 1. The number of fused-ring (bicyclic) bond motifs is 1. The van der Waals surface area contributed by atoms with Gasteiger partial charge in [-0.2, -0.15) is 0 Å². The molecule has 2 N–H and O–H groups in total. The molecule has 92 valence electrons. The second-order valence-electron chi connectivity index (χ2n) is 4.00. The predicted molar refractivity (Wildman–Crippen MR) is 69.3 cm³/mol. The summed E-state index contributed by atoms with van der Waals surface area (Å²) in [5, 5.41) is 13.7. The van der Waals surface area contributed by atoms with Gasteiger partial charge in [-0.3, -0.25) is 10.1 Å². The summed E-state index contributed by atoms with van der Waals surface area (Å²) in [6.07, 6.45) is 5.80. The highest BCUT2D eigenvalue weighted by Crippen LogP contribution is 2.20. The molecule has 0 aliphatic heterocycles. The molecule has 0 bridgehead atoms. The van der Waals surface area contributed by atoms with E-state index >= 15 is 0 Å². The molecule has 0 aliphatic rings. The van der Waals surface area contributed by atoms with Crippen molar-refractivity contribution in [1.82, 2.24) is 9.97 Å². The molecule has 0 radical (unpaired) electrons. The molecule has 0 spiro atoms. The highest BCUT2D eigenvalue weighted by Gasteiger charge is 2.10. The minimum absolute atomic E-state index is 0.0365. The molecule has 0 amide bonds. The van der Waals surface area contributed by atoms with E-state index in [0.717, 1.165) is 0 Å². The molecule has 6 nitrogen and oxygen atoms in total. The van der Waals surface area contributed by atoms with E-state index in [4.69, 9.17) is 6.42 Å². The Morgan fingerprint density at radius 3 is 3.11 bits per heavy atom. The van der Waals surface area contributed by atoms with Gasteiger partial charge < -0.3 is 10.3 Å². The largest absolute Gasteiger partial charge is 0.352 e. The Labute approximate surface area is 104 Å². The van der Waals surface area contributed by atoms with Gasteiger partial charge in [-0.05, 0) is 13.0 Å². The molecule has 1 aromatic carbocycles. The van der Waals surface area contributed by atoms with E-state index in [-0.39, 0.29) is 11.7 Å². The second kappa shape index (κ2) is 4.75. The Hall–Kier alpha value is -2.55. The van der Waals surface area contributed by atoms with Crippen LogP contribution in [0.25, 0.3) is 11.0 Å². The summed E-state index contributed by atoms with van der Waals surface area (Å²) in [6, 6.07) is 4.59. The van der Waals surface area contributed by atoms with Crippen molar-refractivity contribution in [3.05, 3.63) is 28.3 Å². The predicted octanol–water partition coefficient (Wildman–Crippen LogP) is 2.29. The van der Waals surface area contributed by atoms with Crippen molar-refractivity contribution < 1.29 is 4.92 Å². The molecular formula is C12H12N4O2. The highest BCUT2D eigenvalue weighted by molar-refractivity contribution is 5.79. The van der Waals surface area contributed by atoms with Gasteiger partial charge in [0.2, 0.25) is 5.95 Å². The number of benzene rings is 1. The van der Waals surface area contributed by atoms with Gasteiger partial charge in [0.05, 0.1) is 16.0 Å². The number of imidazole rings is 1. The Kier molecular flexibility index (Phi) is 3.15. The van der Waals surface area contributed by atoms with Gasteiger partial charge in [0, 0.05) is 24.6 Å². The van der Waals surface area contributed by atoms with E-state index in [1.54, 1.807) is 6.07 Å². The van der Waals surface area contributed by atoms with Crippen LogP contribution in [0.1, 0.15) is 13.3 Å². The van der Waals surface area contributed by atoms with Crippen LogP contribution in [0.2, 0.25) is 0 Å². The quantitative estimate of drug-likeness (QED) is 0.491. The molecule has 1 unspecified atom stereocenters. The normalized spacial score (nSPS) is 12.0. The molecule has 0 aliphatic carbocycles. The number of H-pyrrole nitrogens is 1. The number of terminal acetylenes is 1. The van der Waals surface area contributed by atoms with E-state index in [1.807, 2.05) is 6.92 Å². The van der Waals surface area contributed by atoms with Gasteiger partial charge in [-0.1, -0.05) is 0 Å². The lowest BCUT2D eigenvalue weighted by Gasteiger charge is -2.08. The fraction of sp³-hybridized carbons (Fsp3) is 0.250. The van der Waals surface area contributed by atoms with Crippen LogP contribution in [0.3, 0.4) is 0 Å². The topological polar surface area (TPSA) is 83.8 Å². The third-order valence-electron chi connectivity index (χ3n) is 2.48. The molecule has 1 heterocycles. The molecule has 2 aromatic rings. The molecule has 0 saturated carbocycles. The molecular weight excluding hydrogens is 232 g/mol. The van der Waals surface area contributed by atoms with Gasteiger partial charge >= 0.3 is 0 Å². The van der Waals surface area contributed by atoms with Crippen LogP contribution >= 0.6 is 0 Å². The Morgan fingerprint density at radius 2 is 2.44 bits per heavy atom.